The summed E-state index contributed by atoms with van der Waals surface area (Å²) in [5.41, 5.74) is 8.61. The van der Waals surface area contributed by atoms with E-state index in [1.54, 1.807) is 4.90 Å². The molecule has 166 valence electrons. The molecule has 7 nitrogen and oxygen atoms in total. The van der Waals surface area contributed by atoms with E-state index >= 15 is 0 Å². The highest BCUT2D eigenvalue weighted by atomic mass is 16.6. The molecular weight excluding hydrogens is 378 g/mol. The van der Waals surface area contributed by atoms with Gasteiger partial charge in [0, 0.05) is 31.7 Å². The minimum absolute atomic E-state index is 0.226. The summed E-state index contributed by atoms with van der Waals surface area (Å²) in [7, 11) is 0. The second-order valence-corrected chi connectivity index (χ2v) is 8.44. The first-order valence-corrected chi connectivity index (χ1v) is 11.3. The average Bonchev–Trinajstić information content (AvgIpc) is 2.75. The fraction of sp³-hybridized carbons (Fsp3) is 0.652. The molecule has 2 saturated heterocycles. The first kappa shape index (κ1) is 22.4. The molecule has 1 amide bonds. The minimum atomic E-state index is -0.226. The molecule has 7 heteroatoms. The van der Waals surface area contributed by atoms with Crippen molar-refractivity contribution in [2.24, 2.45) is 10.7 Å². The number of nitrogens with two attached hydrogens (primary N) is 1. The molecule has 0 aromatic heterocycles. The lowest BCUT2D eigenvalue weighted by molar-refractivity contribution is 0.0963. The van der Waals surface area contributed by atoms with Gasteiger partial charge in [-0.05, 0) is 57.2 Å². The van der Waals surface area contributed by atoms with Gasteiger partial charge in [-0.2, -0.15) is 0 Å². The summed E-state index contributed by atoms with van der Waals surface area (Å²) >= 11 is 0. The van der Waals surface area contributed by atoms with Crippen molar-refractivity contribution in [3.63, 3.8) is 0 Å². The number of nitrogens with one attached hydrogen (secondary N) is 1. The van der Waals surface area contributed by atoms with Crippen molar-refractivity contribution < 1.29 is 9.53 Å². The summed E-state index contributed by atoms with van der Waals surface area (Å²) in [6.07, 6.45) is 5.44. The van der Waals surface area contributed by atoms with E-state index in [-0.39, 0.29) is 12.1 Å². The Morgan fingerprint density at radius 2 is 1.83 bits per heavy atom. The minimum Gasteiger partial charge on any atom is -0.450 e. The zero-order chi connectivity index (χ0) is 21.3. The van der Waals surface area contributed by atoms with Gasteiger partial charge in [0.2, 0.25) is 0 Å². The lowest BCUT2D eigenvalue weighted by Gasteiger charge is -2.33. The third-order valence-corrected chi connectivity index (χ3v) is 6.15. The quantitative estimate of drug-likeness (QED) is 0.551. The van der Waals surface area contributed by atoms with E-state index in [0.29, 0.717) is 38.2 Å². The van der Waals surface area contributed by atoms with Crippen LogP contribution in [0.25, 0.3) is 0 Å². The number of carbonyl (C=O) groups excluding carboxylic acids is 1. The van der Waals surface area contributed by atoms with Crippen molar-refractivity contribution in [2.75, 3.05) is 26.2 Å². The maximum absolute atomic E-state index is 11.8. The van der Waals surface area contributed by atoms with Crippen LogP contribution in [0.1, 0.15) is 57.1 Å². The number of nitrogens with zero attached hydrogens (tertiary/aromatic N) is 3. The van der Waals surface area contributed by atoms with Crippen molar-refractivity contribution in [2.45, 2.75) is 71.1 Å². The van der Waals surface area contributed by atoms with Crippen LogP contribution in [0, 0.1) is 0 Å². The lowest BCUT2D eigenvalue weighted by atomic mass is 10.0. The normalized spacial score (nSPS) is 21.5. The molecule has 1 aromatic carbocycles. The van der Waals surface area contributed by atoms with Crippen LogP contribution in [0.15, 0.2) is 29.3 Å². The number of aliphatic imine (C=N–C) groups is 1. The number of hydrogen-bond donors (Lipinski definition) is 2. The molecule has 1 unspecified atom stereocenters. The number of benzene rings is 1. The third kappa shape index (κ3) is 6.62. The fourth-order valence-electron chi connectivity index (χ4n) is 4.23. The highest BCUT2D eigenvalue weighted by Crippen LogP contribution is 2.19. The van der Waals surface area contributed by atoms with Gasteiger partial charge >= 0.3 is 6.09 Å². The van der Waals surface area contributed by atoms with Crippen molar-refractivity contribution in [1.82, 2.24) is 15.1 Å². The van der Waals surface area contributed by atoms with Crippen molar-refractivity contribution in [3.05, 3.63) is 35.4 Å². The summed E-state index contributed by atoms with van der Waals surface area (Å²) in [5, 5.41) is 3.29. The smallest absolute Gasteiger partial charge is 0.409 e. The number of rotatable bonds is 6. The number of amides is 1. The van der Waals surface area contributed by atoms with Gasteiger partial charge in [0.25, 0.3) is 0 Å². The first-order chi connectivity index (χ1) is 14.5. The van der Waals surface area contributed by atoms with E-state index in [1.165, 1.54) is 31.4 Å². The average molecular weight is 416 g/mol. The van der Waals surface area contributed by atoms with Gasteiger partial charge in [-0.1, -0.05) is 30.7 Å². The van der Waals surface area contributed by atoms with Crippen LogP contribution >= 0.6 is 0 Å². The SMILES string of the molecule is CCOC(=O)N1CCC(NC(N)=NCc2ccc(CN3CCCCC3C)cc2)CC1. The predicted octanol–water partition coefficient (Wildman–Crippen LogP) is 3.09. The Hall–Kier alpha value is -2.28. The van der Waals surface area contributed by atoms with Gasteiger partial charge < -0.3 is 20.7 Å². The molecule has 0 aliphatic carbocycles. The van der Waals surface area contributed by atoms with Crippen LogP contribution in [0.5, 0.6) is 0 Å². The Morgan fingerprint density at radius 1 is 1.13 bits per heavy atom. The summed E-state index contributed by atoms with van der Waals surface area (Å²) in [6.45, 7) is 8.73. The molecule has 30 heavy (non-hydrogen) atoms. The van der Waals surface area contributed by atoms with E-state index in [9.17, 15) is 4.79 Å². The monoisotopic (exact) mass is 415 g/mol. The molecule has 1 aromatic rings. The van der Waals surface area contributed by atoms with Crippen LogP contribution in [0.2, 0.25) is 0 Å². The Labute approximate surface area is 180 Å². The maximum Gasteiger partial charge on any atom is 0.409 e. The Bertz CT molecular complexity index is 698. The lowest BCUT2D eigenvalue weighted by Crippen LogP contribution is -2.48. The van der Waals surface area contributed by atoms with Gasteiger partial charge in [0.15, 0.2) is 5.96 Å². The summed E-state index contributed by atoms with van der Waals surface area (Å²) in [4.78, 5) is 20.6. The number of piperidine rings is 2. The number of carbonyl (C=O) groups is 1. The van der Waals surface area contributed by atoms with E-state index in [0.717, 1.165) is 24.9 Å². The summed E-state index contributed by atoms with van der Waals surface area (Å²) < 4.78 is 5.06. The van der Waals surface area contributed by atoms with E-state index in [2.05, 4.69) is 46.4 Å². The van der Waals surface area contributed by atoms with E-state index in [4.69, 9.17) is 10.5 Å². The van der Waals surface area contributed by atoms with Crippen LogP contribution in [-0.2, 0) is 17.8 Å². The molecule has 3 rings (SSSR count). The first-order valence-electron chi connectivity index (χ1n) is 11.3. The standard InChI is InChI=1S/C23H37N5O2/c1-3-30-23(29)27-14-11-21(12-15-27)26-22(24)25-16-19-7-9-20(10-8-19)17-28-13-5-4-6-18(28)2/h7-10,18,21H,3-6,11-17H2,1-2H3,(H3,24,25,26). The maximum atomic E-state index is 11.8. The van der Waals surface area contributed by atoms with Crippen LogP contribution in [-0.4, -0.2) is 60.2 Å². The molecule has 3 N–H and O–H groups in total. The molecule has 0 saturated carbocycles. The van der Waals surface area contributed by atoms with Gasteiger partial charge in [0.05, 0.1) is 13.2 Å². The Kier molecular flexibility index (Phi) is 8.37. The van der Waals surface area contributed by atoms with Gasteiger partial charge in [0.1, 0.15) is 0 Å². The van der Waals surface area contributed by atoms with Crippen LogP contribution in [0.3, 0.4) is 0 Å². The molecule has 2 aliphatic heterocycles. The highest BCUT2D eigenvalue weighted by molar-refractivity contribution is 5.78. The Morgan fingerprint density at radius 3 is 2.50 bits per heavy atom. The molecule has 1 atom stereocenters. The molecule has 0 spiro atoms. The van der Waals surface area contributed by atoms with E-state index in [1.807, 2.05) is 6.92 Å². The van der Waals surface area contributed by atoms with Gasteiger partial charge in [-0.15, -0.1) is 0 Å². The van der Waals surface area contributed by atoms with Crippen LogP contribution in [0.4, 0.5) is 4.79 Å². The number of guanidine groups is 1. The molecule has 2 heterocycles. The summed E-state index contributed by atoms with van der Waals surface area (Å²) in [5.74, 6) is 0.468. The Balaban J connectivity index is 1.41. The predicted molar refractivity (Wildman–Crippen MR) is 120 cm³/mol. The van der Waals surface area contributed by atoms with Crippen molar-refractivity contribution >= 4 is 12.1 Å². The van der Waals surface area contributed by atoms with Gasteiger partial charge in [-0.3, -0.25) is 4.90 Å². The number of likely N-dealkylation sites (tertiary alicyclic amines) is 2. The summed E-state index contributed by atoms with van der Waals surface area (Å²) in [6, 6.07) is 9.64. The molecule has 2 fully saturated rings. The third-order valence-electron chi connectivity index (χ3n) is 6.15. The van der Waals surface area contributed by atoms with Gasteiger partial charge in [-0.25, -0.2) is 9.79 Å². The zero-order valence-corrected chi connectivity index (χ0v) is 18.5. The molecule has 2 aliphatic rings. The number of hydrogen-bond acceptors (Lipinski definition) is 4. The van der Waals surface area contributed by atoms with Crippen molar-refractivity contribution in [3.8, 4) is 0 Å². The molecule has 0 radical (unpaired) electrons. The van der Waals surface area contributed by atoms with Crippen molar-refractivity contribution in [1.29, 1.82) is 0 Å². The second-order valence-electron chi connectivity index (χ2n) is 8.44. The number of ether oxygens (including phenoxy) is 1. The zero-order valence-electron chi connectivity index (χ0n) is 18.5. The van der Waals surface area contributed by atoms with E-state index < -0.39 is 0 Å². The van der Waals surface area contributed by atoms with Crippen LogP contribution < -0.4 is 11.1 Å². The second kappa shape index (κ2) is 11.2. The topological polar surface area (TPSA) is 83.2 Å². The largest absolute Gasteiger partial charge is 0.450 e. The molecular formula is C23H37N5O2. The highest BCUT2D eigenvalue weighted by Gasteiger charge is 2.23. The molecule has 0 bridgehead atoms. The fourth-order valence-corrected chi connectivity index (χ4v) is 4.23.